The molecule has 370 valence electrons. The van der Waals surface area contributed by atoms with Crippen molar-refractivity contribution in [3.8, 4) is 0 Å². The van der Waals surface area contributed by atoms with E-state index in [1.807, 2.05) is 0 Å². The van der Waals surface area contributed by atoms with Gasteiger partial charge in [0.05, 0.1) is 0 Å². The summed E-state index contributed by atoms with van der Waals surface area (Å²) in [4.78, 5) is 38.0. The Morgan fingerprint density at radius 1 is 0.312 bits per heavy atom. The molecule has 0 N–H and O–H groups in total. The first-order valence-electron chi connectivity index (χ1n) is 27.3. The SMILES string of the molecule is CCCC/C=C\C/C=C\CCCCCCCC(=O)OC(COC(=O)CCCCCCC/C=C\CCCC)COC(=O)CCCCCCCCCCC/C=C\C/C=C\CCCCCCC. The van der Waals surface area contributed by atoms with Crippen LogP contribution in [0, 0.1) is 0 Å². The fourth-order valence-corrected chi connectivity index (χ4v) is 7.53. The molecule has 64 heavy (non-hydrogen) atoms. The van der Waals surface area contributed by atoms with Crippen LogP contribution in [0.25, 0.3) is 0 Å². The van der Waals surface area contributed by atoms with Crippen molar-refractivity contribution in [1.29, 1.82) is 0 Å². The third kappa shape index (κ3) is 50.1. The fourth-order valence-electron chi connectivity index (χ4n) is 7.53. The molecule has 0 saturated carbocycles. The number of allylic oxidation sites excluding steroid dienone is 10. The molecule has 1 atom stereocenters. The largest absolute Gasteiger partial charge is 0.462 e. The standard InChI is InChI=1S/C58H102O6/c1-4-7-10-13-16-19-22-24-26-27-28-29-30-31-32-34-36-39-42-45-48-51-57(60)63-54-55(53-62-56(59)50-47-44-41-38-35-21-18-15-12-9-6-3)64-58(61)52-49-46-43-40-37-33-25-23-20-17-14-11-8-5-2/h14-15,17-18,22-25,27-28,55H,4-13,16,19-21,26,29-54H2,1-3H3/b17-14-,18-15-,24-22-,25-23-,28-27-. The molecule has 0 aliphatic carbocycles. The zero-order valence-electron chi connectivity index (χ0n) is 42.3. The molecule has 6 heteroatoms. The molecule has 0 fully saturated rings. The van der Waals surface area contributed by atoms with Gasteiger partial charge >= 0.3 is 17.9 Å². The highest BCUT2D eigenvalue weighted by atomic mass is 16.6. The number of hydrogen-bond acceptors (Lipinski definition) is 6. The average molecular weight is 895 g/mol. The van der Waals surface area contributed by atoms with Crippen molar-refractivity contribution in [3.63, 3.8) is 0 Å². The van der Waals surface area contributed by atoms with Crippen LogP contribution in [-0.2, 0) is 28.6 Å². The van der Waals surface area contributed by atoms with Crippen LogP contribution in [-0.4, -0.2) is 37.2 Å². The zero-order valence-corrected chi connectivity index (χ0v) is 42.3. The van der Waals surface area contributed by atoms with Crippen LogP contribution in [0.15, 0.2) is 60.8 Å². The second kappa shape index (κ2) is 52.7. The Hall–Kier alpha value is -2.89. The van der Waals surface area contributed by atoms with Crippen LogP contribution in [0.2, 0.25) is 0 Å². The molecule has 0 heterocycles. The Morgan fingerprint density at radius 2 is 0.578 bits per heavy atom. The van der Waals surface area contributed by atoms with Crippen molar-refractivity contribution in [1.82, 2.24) is 0 Å². The maximum Gasteiger partial charge on any atom is 0.306 e. The molecule has 0 bridgehead atoms. The van der Waals surface area contributed by atoms with Gasteiger partial charge in [-0.05, 0) is 96.3 Å². The van der Waals surface area contributed by atoms with Gasteiger partial charge in [0, 0.05) is 19.3 Å². The summed E-state index contributed by atoms with van der Waals surface area (Å²) in [5, 5.41) is 0. The lowest BCUT2D eigenvalue weighted by atomic mass is 10.1. The molecule has 0 amide bonds. The number of ether oxygens (including phenoxy) is 3. The first kappa shape index (κ1) is 61.1. The number of esters is 3. The van der Waals surface area contributed by atoms with Crippen LogP contribution in [0.4, 0.5) is 0 Å². The summed E-state index contributed by atoms with van der Waals surface area (Å²) in [5.74, 6) is -0.907. The van der Waals surface area contributed by atoms with E-state index in [4.69, 9.17) is 14.2 Å². The van der Waals surface area contributed by atoms with Crippen molar-refractivity contribution in [3.05, 3.63) is 60.8 Å². The Kier molecular flexibility index (Phi) is 50.4. The second-order valence-electron chi connectivity index (χ2n) is 18.1. The molecule has 0 aromatic carbocycles. The summed E-state index contributed by atoms with van der Waals surface area (Å²) < 4.78 is 16.8. The highest BCUT2D eigenvalue weighted by Crippen LogP contribution is 2.15. The number of unbranched alkanes of at least 4 members (excludes halogenated alkanes) is 28. The van der Waals surface area contributed by atoms with Gasteiger partial charge in [0.1, 0.15) is 13.2 Å². The van der Waals surface area contributed by atoms with E-state index in [-0.39, 0.29) is 31.1 Å². The first-order valence-corrected chi connectivity index (χ1v) is 27.3. The van der Waals surface area contributed by atoms with E-state index < -0.39 is 6.10 Å². The van der Waals surface area contributed by atoms with E-state index in [9.17, 15) is 14.4 Å². The van der Waals surface area contributed by atoms with Crippen molar-refractivity contribution >= 4 is 17.9 Å². The summed E-state index contributed by atoms with van der Waals surface area (Å²) >= 11 is 0. The van der Waals surface area contributed by atoms with Crippen LogP contribution in [0.5, 0.6) is 0 Å². The molecule has 0 aliphatic rings. The number of rotatable bonds is 49. The van der Waals surface area contributed by atoms with E-state index in [1.165, 1.54) is 135 Å². The summed E-state index contributed by atoms with van der Waals surface area (Å²) in [5.41, 5.74) is 0. The van der Waals surface area contributed by atoms with Crippen molar-refractivity contribution in [2.24, 2.45) is 0 Å². The van der Waals surface area contributed by atoms with Crippen LogP contribution in [0.3, 0.4) is 0 Å². The maximum absolute atomic E-state index is 12.8. The smallest absolute Gasteiger partial charge is 0.306 e. The van der Waals surface area contributed by atoms with Gasteiger partial charge in [0.15, 0.2) is 6.10 Å². The third-order valence-electron chi connectivity index (χ3n) is 11.7. The predicted octanol–water partition coefficient (Wildman–Crippen LogP) is 18.0. The highest BCUT2D eigenvalue weighted by Gasteiger charge is 2.19. The van der Waals surface area contributed by atoms with Crippen molar-refractivity contribution in [2.45, 2.75) is 277 Å². The molecule has 0 aliphatic heterocycles. The predicted molar refractivity (Wildman–Crippen MR) is 275 cm³/mol. The van der Waals surface area contributed by atoms with Gasteiger partial charge in [0.25, 0.3) is 0 Å². The van der Waals surface area contributed by atoms with Crippen LogP contribution >= 0.6 is 0 Å². The normalized spacial score (nSPS) is 12.5. The molecule has 0 aromatic heterocycles. The molecule has 1 unspecified atom stereocenters. The highest BCUT2D eigenvalue weighted by molar-refractivity contribution is 5.71. The lowest BCUT2D eigenvalue weighted by molar-refractivity contribution is -0.167. The molecule has 6 nitrogen and oxygen atoms in total. The van der Waals surface area contributed by atoms with E-state index >= 15 is 0 Å². The summed E-state index contributed by atoms with van der Waals surface area (Å²) in [6.07, 6.45) is 64.9. The Balaban J connectivity index is 4.33. The molecule has 0 saturated heterocycles. The molecule has 0 rings (SSSR count). The number of hydrogen-bond donors (Lipinski definition) is 0. The van der Waals surface area contributed by atoms with Gasteiger partial charge in [-0.25, -0.2) is 0 Å². The molecular formula is C58H102O6. The second-order valence-corrected chi connectivity index (χ2v) is 18.1. The minimum Gasteiger partial charge on any atom is -0.462 e. The number of carbonyl (C=O) groups excluding carboxylic acids is 3. The minimum atomic E-state index is -0.785. The maximum atomic E-state index is 12.8. The number of carbonyl (C=O) groups is 3. The van der Waals surface area contributed by atoms with Gasteiger partial charge in [-0.3, -0.25) is 14.4 Å². The first-order chi connectivity index (χ1) is 31.5. The molecule has 0 radical (unpaired) electrons. The van der Waals surface area contributed by atoms with Crippen LogP contribution in [0.1, 0.15) is 271 Å². The lowest BCUT2D eigenvalue weighted by Crippen LogP contribution is -2.30. The van der Waals surface area contributed by atoms with Crippen LogP contribution < -0.4 is 0 Å². The topological polar surface area (TPSA) is 78.9 Å². The molecule has 0 aromatic rings. The fraction of sp³-hybridized carbons (Fsp3) is 0.776. The van der Waals surface area contributed by atoms with E-state index in [0.717, 1.165) is 96.3 Å². The Labute approximate surface area is 396 Å². The summed E-state index contributed by atoms with van der Waals surface area (Å²) in [6, 6.07) is 0. The summed E-state index contributed by atoms with van der Waals surface area (Å²) in [7, 11) is 0. The van der Waals surface area contributed by atoms with Gasteiger partial charge in [0.2, 0.25) is 0 Å². The van der Waals surface area contributed by atoms with Gasteiger partial charge in [-0.15, -0.1) is 0 Å². The van der Waals surface area contributed by atoms with Gasteiger partial charge in [-0.1, -0.05) is 216 Å². The van der Waals surface area contributed by atoms with E-state index in [2.05, 4.69) is 81.5 Å². The third-order valence-corrected chi connectivity index (χ3v) is 11.7. The quantitative estimate of drug-likeness (QED) is 0.0262. The summed E-state index contributed by atoms with van der Waals surface area (Å²) in [6.45, 7) is 6.54. The lowest BCUT2D eigenvalue weighted by Gasteiger charge is -2.18. The minimum absolute atomic E-state index is 0.0844. The monoisotopic (exact) mass is 895 g/mol. The van der Waals surface area contributed by atoms with Crippen molar-refractivity contribution in [2.75, 3.05) is 13.2 Å². The molecule has 0 spiro atoms. The average Bonchev–Trinajstić information content (AvgIpc) is 3.29. The molecular weight excluding hydrogens is 793 g/mol. The van der Waals surface area contributed by atoms with Gasteiger partial charge < -0.3 is 14.2 Å². The van der Waals surface area contributed by atoms with E-state index in [0.29, 0.717) is 19.3 Å². The Morgan fingerprint density at radius 3 is 0.922 bits per heavy atom. The van der Waals surface area contributed by atoms with E-state index in [1.54, 1.807) is 0 Å². The zero-order chi connectivity index (χ0) is 46.5. The van der Waals surface area contributed by atoms with Crippen molar-refractivity contribution < 1.29 is 28.6 Å². The Bertz CT molecular complexity index is 1170. The van der Waals surface area contributed by atoms with Gasteiger partial charge in [-0.2, -0.15) is 0 Å².